The van der Waals surface area contributed by atoms with Crippen LogP contribution in [0.2, 0.25) is 0 Å². The quantitative estimate of drug-likeness (QED) is 0.658. The molecule has 0 aromatic heterocycles. The van der Waals surface area contributed by atoms with E-state index in [9.17, 15) is 14.9 Å². The predicted molar refractivity (Wildman–Crippen MR) is 98.3 cm³/mol. The molecule has 1 heterocycles. The Hall–Kier alpha value is -2.93. The number of hydrogen-bond donors (Lipinski definition) is 1. The molecule has 0 saturated carbocycles. The molecule has 2 aromatic carbocycles. The van der Waals surface area contributed by atoms with Crippen LogP contribution in [0.1, 0.15) is 18.1 Å². The molecule has 0 saturated heterocycles. The van der Waals surface area contributed by atoms with E-state index in [1.54, 1.807) is 6.07 Å². The zero-order valence-corrected chi connectivity index (χ0v) is 14.8. The number of amides is 1. The molecular formula is C19H21N3O4. The molecule has 1 amide bonds. The van der Waals surface area contributed by atoms with Gasteiger partial charge in [0.25, 0.3) is 5.69 Å². The molecule has 1 aliphatic heterocycles. The van der Waals surface area contributed by atoms with Crippen molar-refractivity contribution in [2.45, 2.75) is 25.9 Å². The zero-order chi connectivity index (χ0) is 18.7. The maximum absolute atomic E-state index is 12.6. The van der Waals surface area contributed by atoms with Gasteiger partial charge < -0.3 is 10.1 Å². The topological polar surface area (TPSA) is 84.7 Å². The van der Waals surface area contributed by atoms with E-state index in [1.165, 1.54) is 30.4 Å². The highest BCUT2D eigenvalue weighted by Gasteiger charge is 2.27. The molecule has 0 fully saturated rings. The summed E-state index contributed by atoms with van der Waals surface area (Å²) in [6, 6.07) is 12.2. The van der Waals surface area contributed by atoms with Crippen molar-refractivity contribution in [1.29, 1.82) is 0 Å². The number of methoxy groups -OCH3 is 1. The molecule has 0 radical (unpaired) electrons. The molecule has 0 bridgehead atoms. The highest BCUT2D eigenvalue weighted by molar-refractivity contribution is 5.96. The monoisotopic (exact) mass is 355 g/mol. The van der Waals surface area contributed by atoms with Crippen LogP contribution in [-0.4, -0.2) is 35.4 Å². The van der Waals surface area contributed by atoms with Crippen molar-refractivity contribution >= 4 is 17.3 Å². The maximum atomic E-state index is 12.6. The Balaban J connectivity index is 1.73. The van der Waals surface area contributed by atoms with Crippen molar-refractivity contribution < 1.29 is 14.5 Å². The molecule has 7 heteroatoms. The van der Waals surface area contributed by atoms with Gasteiger partial charge in [0.2, 0.25) is 5.91 Å². The summed E-state index contributed by atoms with van der Waals surface area (Å²) in [5.74, 6) is 0.105. The highest BCUT2D eigenvalue weighted by Crippen LogP contribution is 2.29. The lowest BCUT2D eigenvalue weighted by Gasteiger charge is -2.32. The zero-order valence-electron chi connectivity index (χ0n) is 14.8. The maximum Gasteiger partial charge on any atom is 0.296 e. The van der Waals surface area contributed by atoms with Crippen molar-refractivity contribution in [3.05, 3.63) is 63.7 Å². The molecule has 7 nitrogen and oxygen atoms in total. The summed E-state index contributed by atoms with van der Waals surface area (Å²) in [6.45, 7) is 3.28. The number of nitro benzene ring substituents is 1. The second-order valence-electron chi connectivity index (χ2n) is 6.29. The summed E-state index contributed by atoms with van der Waals surface area (Å²) in [5, 5.41) is 14.0. The number of carbonyl (C=O) groups is 1. The normalized spacial score (nSPS) is 15.0. The molecule has 0 unspecified atom stereocenters. The predicted octanol–water partition coefficient (Wildman–Crippen LogP) is 2.99. The van der Waals surface area contributed by atoms with Gasteiger partial charge in [0.1, 0.15) is 11.4 Å². The number of anilines is 1. The number of carbonyl (C=O) groups excluding carboxylic acids is 1. The molecule has 2 aromatic rings. The third-order valence-corrected chi connectivity index (χ3v) is 4.75. The highest BCUT2D eigenvalue weighted by atomic mass is 16.6. The van der Waals surface area contributed by atoms with Gasteiger partial charge in [-0.25, -0.2) is 0 Å². The fourth-order valence-electron chi connectivity index (χ4n) is 3.15. The van der Waals surface area contributed by atoms with Gasteiger partial charge in [-0.15, -0.1) is 0 Å². The minimum atomic E-state index is -0.528. The van der Waals surface area contributed by atoms with Crippen molar-refractivity contribution in [2.24, 2.45) is 0 Å². The molecule has 0 spiro atoms. The average Bonchev–Trinajstić information content (AvgIpc) is 2.67. The Morgan fingerprint density at radius 2 is 2.00 bits per heavy atom. The Bertz CT molecular complexity index is 837. The fraction of sp³-hybridized carbons (Fsp3) is 0.316. The Kier molecular flexibility index (Phi) is 5.18. The lowest BCUT2D eigenvalue weighted by atomic mass is 9.99. The molecule has 1 N–H and O–H groups in total. The smallest absolute Gasteiger partial charge is 0.296 e. The SMILES string of the molecule is COc1ccc(NC(=O)[C@H](C)N2CCc3ccccc3C2)c([N+](=O)[O-])c1. The van der Waals surface area contributed by atoms with Crippen molar-refractivity contribution in [2.75, 3.05) is 19.0 Å². The summed E-state index contributed by atoms with van der Waals surface area (Å²) >= 11 is 0. The molecule has 136 valence electrons. The molecule has 1 aliphatic rings. The van der Waals surface area contributed by atoms with E-state index >= 15 is 0 Å². The van der Waals surface area contributed by atoms with E-state index in [4.69, 9.17) is 4.74 Å². The minimum absolute atomic E-state index is 0.171. The Labute approximate surface area is 151 Å². The minimum Gasteiger partial charge on any atom is -0.496 e. The van der Waals surface area contributed by atoms with E-state index in [1.807, 2.05) is 19.1 Å². The average molecular weight is 355 g/mol. The van der Waals surface area contributed by atoms with E-state index in [0.717, 1.165) is 13.0 Å². The van der Waals surface area contributed by atoms with Crippen molar-refractivity contribution in [3.63, 3.8) is 0 Å². The molecule has 1 atom stereocenters. The van der Waals surface area contributed by atoms with Crippen LogP contribution in [0.4, 0.5) is 11.4 Å². The number of nitrogens with one attached hydrogen (secondary N) is 1. The molecule has 26 heavy (non-hydrogen) atoms. The first-order valence-corrected chi connectivity index (χ1v) is 8.43. The third kappa shape index (κ3) is 3.67. The van der Waals surface area contributed by atoms with Gasteiger partial charge in [-0.05, 0) is 36.6 Å². The second-order valence-corrected chi connectivity index (χ2v) is 6.29. The number of nitrogens with zero attached hydrogens (tertiary/aromatic N) is 2. The number of rotatable bonds is 5. The van der Waals surface area contributed by atoms with Crippen LogP contribution in [-0.2, 0) is 17.8 Å². The van der Waals surface area contributed by atoms with Gasteiger partial charge in [0.15, 0.2) is 0 Å². The van der Waals surface area contributed by atoms with Crippen LogP contribution < -0.4 is 10.1 Å². The summed E-state index contributed by atoms with van der Waals surface area (Å²) in [6.07, 6.45) is 0.885. The van der Waals surface area contributed by atoms with Gasteiger partial charge in [-0.3, -0.25) is 19.8 Å². The first-order chi connectivity index (χ1) is 12.5. The van der Waals surface area contributed by atoms with Crippen LogP contribution in [0.5, 0.6) is 5.75 Å². The largest absolute Gasteiger partial charge is 0.496 e. The number of nitro groups is 1. The summed E-state index contributed by atoms with van der Waals surface area (Å²) in [5.41, 5.74) is 2.51. The van der Waals surface area contributed by atoms with Gasteiger partial charge in [0.05, 0.1) is 24.1 Å². The third-order valence-electron chi connectivity index (χ3n) is 4.75. The second kappa shape index (κ2) is 7.53. The Morgan fingerprint density at radius 3 is 2.69 bits per heavy atom. The summed E-state index contributed by atoms with van der Waals surface area (Å²) in [7, 11) is 1.44. The van der Waals surface area contributed by atoms with Crippen LogP contribution in [0, 0.1) is 10.1 Å². The van der Waals surface area contributed by atoms with Gasteiger partial charge in [0, 0.05) is 13.1 Å². The first kappa shape index (κ1) is 17.9. The van der Waals surface area contributed by atoms with E-state index in [2.05, 4.69) is 22.3 Å². The van der Waals surface area contributed by atoms with Crippen LogP contribution in [0.25, 0.3) is 0 Å². The fourth-order valence-corrected chi connectivity index (χ4v) is 3.15. The molecule has 3 rings (SSSR count). The van der Waals surface area contributed by atoms with E-state index in [0.29, 0.717) is 12.3 Å². The number of benzene rings is 2. The first-order valence-electron chi connectivity index (χ1n) is 8.43. The van der Waals surface area contributed by atoms with Crippen molar-refractivity contribution in [1.82, 2.24) is 4.90 Å². The van der Waals surface area contributed by atoms with Crippen molar-refractivity contribution in [3.8, 4) is 5.75 Å². The van der Waals surface area contributed by atoms with Gasteiger partial charge in [-0.2, -0.15) is 0 Å². The van der Waals surface area contributed by atoms with E-state index in [-0.39, 0.29) is 17.3 Å². The standard InChI is InChI=1S/C19H21N3O4/c1-13(21-10-9-14-5-3-4-6-15(14)12-21)19(23)20-17-8-7-16(26-2)11-18(17)22(24)25/h3-8,11,13H,9-10,12H2,1-2H3,(H,20,23)/t13-/m0/s1. The summed E-state index contributed by atoms with van der Waals surface area (Å²) < 4.78 is 5.02. The number of ether oxygens (including phenoxy) is 1. The lowest BCUT2D eigenvalue weighted by molar-refractivity contribution is -0.384. The lowest BCUT2D eigenvalue weighted by Crippen LogP contribution is -2.44. The van der Waals surface area contributed by atoms with E-state index < -0.39 is 11.0 Å². The summed E-state index contributed by atoms with van der Waals surface area (Å²) in [4.78, 5) is 25.5. The van der Waals surface area contributed by atoms with Gasteiger partial charge in [-0.1, -0.05) is 24.3 Å². The molecular weight excluding hydrogens is 334 g/mol. The Morgan fingerprint density at radius 1 is 1.27 bits per heavy atom. The van der Waals surface area contributed by atoms with Gasteiger partial charge >= 0.3 is 0 Å². The van der Waals surface area contributed by atoms with Crippen LogP contribution >= 0.6 is 0 Å². The number of fused-ring (bicyclic) bond motifs is 1. The molecule has 0 aliphatic carbocycles. The van der Waals surface area contributed by atoms with Crippen LogP contribution in [0.15, 0.2) is 42.5 Å². The number of hydrogen-bond acceptors (Lipinski definition) is 5. The van der Waals surface area contributed by atoms with Crippen LogP contribution in [0.3, 0.4) is 0 Å².